The lowest BCUT2D eigenvalue weighted by molar-refractivity contribution is -0.153. The lowest BCUT2D eigenvalue weighted by atomic mass is 10.1. The van der Waals surface area contributed by atoms with Crippen LogP contribution in [-0.4, -0.2) is 58.4 Å². The van der Waals surface area contributed by atoms with Gasteiger partial charge in [0, 0.05) is 25.8 Å². The highest BCUT2D eigenvalue weighted by molar-refractivity contribution is 5.92. The highest BCUT2D eigenvalue weighted by Crippen LogP contribution is 2.26. The van der Waals surface area contributed by atoms with E-state index in [1.54, 1.807) is 29.3 Å². The lowest BCUT2D eigenvalue weighted by Gasteiger charge is -2.36. The van der Waals surface area contributed by atoms with Gasteiger partial charge in [-0.05, 0) is 17.7 Å². The van der Waals surface area contributed by atoms with Crippen LogP contribution >= 0.6 is 0 Å². The molecule has 2 fully saturated rings. The van der Waals surface area contributed by atoms with E-state index >= 15 is 0 Å². The Labute approximate surface area is 146 Å². The number of pyridine rings is 1. The summed E-state index contributed by atoms with van der Waals surface area (Å²) in [6.45, 7) is 1.56. The number of likely N-dealkylation sites (tertiary alicyclic amines) is 1. The van der Waals surface area contributed by atoms with E-state index in [4.69, 9.17) is 4.74 Å². The highest BCUT2D eigenvalue weighted by Gasteiger charge is 2.44. The molecule has 6 nitrogen and oxygen atoms in total. The first-order valence-electron chi connectivity index (χ1n) is 8.37. The third-order valence-corrected chi connectivity index (χ3v) is 4.75. The number of carbonyl (C=O) groups is 2. The molecule has 2 amide bonds. The minimum absolute atomic E-state index is 0.0303. The normalized spacial score (nSPS) is 22.8. The molecule has 1 aromatic carbocycles. The molecule has 0 bridgehead atoms. The van der Waals surface area contributed by atoms with Crippen molar-refractivity contribution < 1.29 is 14.3 Å². The second-order valence-electron chi connectivity index (χ2n) is 6.35. The van der Waals surface area contributed by atoms with Gasteiger partial charge in [-0.25, -0.2) is 0 Å². The minimum Gasteiger partial charge on any atom is -0.364 e. The standard InChI is InChI=1S/C19H19N3O3/c23-18-13-25-17-12-21(19(24)15-8-4-5-9-20-15)11-16(17)22(18)10-14-6-2-1-3-7-14/h1-9,16-17H,10-13H2. The largest absolute Gasteiger partial charge is 0.364 e. The van der Waals surface area contributed by atoms with Gasteiger partial charge >= 0.3 is 0 Å². The maximum atomic E-state index is 12.6. The van der Waals surface area contributed by atoms with Gasteiger partial charge < -0.3 is 14.5 Å². The van der Waals surface area contributed by atoms with Crippen molar-refractivity contribution in [3.63, 3.8) is 0 Å². The maximum absolute atomic E-state index is 12.6. The first kappa shape index (κ1) is 15.8. The van der Waals surface area contributed by atoms with Crippen molar-refractivity contribution in [1.82, 2.24) is 14.8 Å². The topological polar surface area (TPSA) is 62.7 Å². The molecule has 2 aliphatic rings. The quantitative estimate of drug-likeness (QED) is 0.848. The van der Waals surface area contributed by atoms with Crippen molar-refractivity contribution in [3.05, 3.63) is 66.0 Å². The molecule has 2 atom stereocenters. The molecule has 25 heavy (non-hydrogen) atoms. The predicted octanol–water partition coefficient (Wildman–Crippen LogP) is 1.33. The molecular formula is C19H19N3O3. The molecule has 0 radical (unpaired) electrons. The molecule has 6 heteroatoms. The Hall–Kier alpha value is -2.73. The van der Waals surface area contributed by atoms with Crippen LogP contribution in [0.15, 0.2) is 54.7 Å². The molecule has 128 valence electrons. The van der Waals surface area contributed by atoms with Crippen LogP contribution in [0.2, 0.25) is 0 Å². The van der Waals surface area contributed by atoms with Crippen LogP contribution < -0.4 is 0 Å². The van der Waals surface area contributed by atoms with Crippen molar-refractivity contribution >= 4 is 11.8 Å². The van der Waals surface area contributed by atoms with Gasteiger partial charge in [-0.2, -0.15) is 0 Å². The van der Waals surface area contributed by atoms with Crippen LogP contribution in [-0.2, 0) is 16.1 Å². The van der Waals surface area contributed by atoms with Gasteiger partial charge in [-0.15, -0.1) is 0 Å². The number of hydrogen-bond donors (Lipinski definition) is 0. The molecule has 2 aliphatic heterocycles. The monoisotopic (exact) mass is 337 g/mol. The summed E-state index contributed by atoms with van der Waals surface area (Å²) in [5.41, 5.74) is 1.49. The van der Waals surface area contributed by atoms with Gasteiger partial charge in [0.05, 0.1) is 12.1 Å². The van der Waals surface area contributed by atoms with Crippen LogP contribution in [0.1, 0.15) is 16.1 Å². The number of carbonyl (C=O) groups excluding carboxylic acids is 2. The van der Waals surface area contributed by atoms with Crippen molar-refractivity contribution in [2.75, 3.05) is 19.7 Å². The van der Waals surface area contributed by atoms with E-state index in [0.29, 0.717) is 25.3 Å². The van der Waals surface area contributed by atoms with Gasteiger partial charge in [0.2, 0.25) is 5.91 Å². The Morgan fingerprint density at radius 2 is 1.92 bits per heavy atom. The van der Waals surface area contributed by atoms with Crippen LogP contribution in [0.3, 0.4) is 0 Å². The van der Waals surface area contributed by atoms with E-state index in [-0.39, 0.29) is 30.6 Å². The summed E-state index contributed by atoms with van der Waals surface area (Å²) in [4.78, 5) is 32.7. The summed E-state index contributed by atoms with van der Waals surface area (Å²) in [7, 11) is 0. The maximum Gasteiger partial charge on any atom is 0.272 e. The zero-order chi connectivity index (χ0) is 17.2. The van der Waals surface area contributed by atoms with Crippen molar-refractivity contribution in [2.45, 2.75) is 18.7 Å². The zero-order valence-corrected chi connectivity index (χ0v) is 13.7. The van der Waals surface area contributed by atoms with Gasteiger partial charge in [0.1, 0.15) is 12.3 Å². The van der Waals surface area contributed by atoms with Crippen LogP contribution in [0.4, 0.5) is 0 Å². The summed E-state index contributed by atoms with van der Waals surface area (Å²) in [6.07, 6.45) is 1.46. The fraction of sp³-hybridized carbons (Fsp3) is 0.316. The Morgan fingerprint density at radius 1 is 1.12 bits per heavy atom. The number of rotatable bonds is 3. The molecule has 4 rings (SSSR count). The summed E-state index contributed by atoms with van der Waals surface area (Å²) in [5, 5.41) is 0. The molecule has 2 unspecified atom stereocenters. The van der Waals surface area contributed by atoms with Gasteiger partial charge in [0.25, 0.3) is 5.91 Å². The molecule has 2 aromatic rings. The number of benzene rings is 1. The number of hydrogen-bond acceptors (Lipinski definition) is 4. The van der Waals surface area contributed by atoms with Gasteiger partial charge in [-0.3, -0.25) is 14.6 Å². The summed E-state index contributed by atoms with van der Waals surface area (Å²) in [5.74, 6) is -0.150. The van der Waals surface area contributed by atoms with Crippen LogP contribution in [0.5, 0.6) is 0 Å². The minimum atomic E-state index is -0.144. The van der Waals surface area contributed by atoms with E-state index in [9.17, 15) is 9.59 Å². The van der Waals surface area contributed by atoms with E-state index in [1.807, 2.05) is 35.2 Å². The number of fused-ring (bicyclic) bond motifs is 1. The first-order valence-corrected chi connectivity index (χ1v) is 8.37. The Balaban J connectivity index is 1.52. The number of aromatic nitrogens is 1. The second-order valence-corrected chi connectivity index (χ2v) is 6.35. The Kier molecular flexibility index (Phi) is 4.19. The third-order valence-electron chi connectivity index (χ3n) is 4.75. The zero-order valence-electron chi connectivity index (χ0n) is 13.7. The van der Waals surface area contributed by atoms with Crippen molar-refractivity contribution in [1.29, 1.82) is 0 Å². The van der Waals surface area contributed by atoms with E-state index in [2.05, 4.69) is 4.98 Å². The van der Waals surface area contributed by atoms with Gasteiger partial charge in [-0.1, -0.05) is 36.4 Å². The number of amides is 2. The lowest BCUT2D eigenvalue weighted by Crippen LogP contribution is -2.53. The summed E-state index contributed by atoms with van der Waals surface area (Å²) < 4.78 is 5.69. The smallest absolute Gasteiger partial charge is 0.272 e. The van der Waals surface area contributed by atoms with Crippen molar-refractivity contribution in [2.24, 2.45) is 0 Å². The fourth-order valence-electron chi connectivity index (χ4n) is 3.47. The summed E-state index contributed by atoms with van der Waals surface area (Å²) >= 11 is 0. The molecule has 0 saturated carbocycles. The van der Waals surface area contributed by atoms with Crippen LogP contribution in [0.25, 0.3) is 0 Å². The molecule has 2 saturated heterocycles. The Morgan fingerprint density at radius 3 is 2.68 bits per heavy atom. The average molecular weight is 337 g/mol. The predicted molar refractivity (Wildman–Crippen MR) is 90.7 cm³/mol. The third kappa shape index (κ3) is 3.13. The first-order chi connectivity index (χ1) is 12.2. The van der Waals surface area contributed by atoms with E-state index in [0.717, 1.165) is 5.56 Å². The SMILES string of the molecule is O=C(c1ccccn1)N1CC2OCC(=O)N(Cc3ccccc3)C2C1. The molecule has 0 aliphatic carbocycles. The molecule has 0 N–H and O–H groups in total. The second kappa shape index (κ2) is 6.64. The molecule has 0 spiro atoms. The Bertz CT molecular complexity index is 766. The van der Waals surface area contributed by atoms with E-state index in [1.165, 1.54) is 0 Å². The fourth-order valence-corrected chi connectivity index (χ4v) is 3.47. The molecular weight excluding hydrogens is 318 g/mol. The number of nitrogens with zero attached hydrogens (tertiary/aromatic N) is 3. The summed E-state index contributed by atoms with van der Waals surface area (Å²) in [6, 6.07) is 15.1. The highest BCUT2D eigenvalue weighted by atomic mass is 16.5. The average Bonchev–Trinajstić information content (AvgIpc) is 3.10. The van der Waals surface area contributed by atoms with Gasteiger partial charge in [0.15, 0.2) is 0 Å². The van der Waals surface area contributed by atoms with E-state index < -0.39 is 0 Å². The van der Waals surface area contributed by atoms with Crippen molar-refractivity contribution in [3.8, 4) is 0 Å². The number of morpholine rings is 1. The molecule has 1 aromatic heterocycles. The van der Waals surface area contributed by atoms with Crippen LogP contribution in [0, 0.1) is 0 Å². The number of ether oxygens (including phenoxy) is 1. The molecule has 3 heterocycles.